The van der Waals surface area contributed by atoms with Crippen molar-refractivity contribution in [3.63, 3.8) is 0 Å². The number of hydrogen-bond donors (Lipinski definition) is 1. The highest BCUT2D eigenvalue weighted by Gasteiger charge is 2.16. The number of aryl methyl sites for hydroxylation is 1. The minimum absolute atomic E-state index is 0.0612. The zero-order valence-electron chi connectivity index (χ0n) is 10.0. The quantitative estimate of drug-likeness (QED) is 0.501. The van der Waals surface area contributed by atoms with Crippen LogP contribution in [0.25, 0.3) is 0 Å². The van der Waals surface area contributed by atoms with Crippen molar-refractivity contribution in [1.29, 1.82) is 0 Å². The summed E-state index contributed by atoms with van der Waals surface area (Å²) in [5.41, 5.74) is 6.13. The lowest BCUT2D eigenvalue weighted by atomic mass is 10.3. The SMILES string of the molecule is Cc1nc(N)sc1N=Nc1cc(Cl)c([N+](=O)[O-])cc1Cl. The van der Waals surface area contributed by atoms with Crippen molar-refractivity contribution in [2.24, 2.45) is 10.2 Å². The molecule has 0 amide bonds. The largest absolute Gasteiger partial charge is 0.375 e. The van der Waals surface area contributed by atoms with Crippen LogP contribution in [-0.4, -0.2) is 9.91 Å². The highest BCUT2D eigenvalue weighted by molar-refractivity contribution is 7.19. The second-order valence-electron chi connectivity index (χ2n) is 3.65. The van der Waals surface area contributed by atoms with Crippen LogP contribution in [0.4, 0.5) is 21.5 Å². The smallest absolute Gasteiger partial charge is 0.289 e. The van der Waals surface area contributed by atoms with E-state index in [9.17, 15) is 10.1 Å². The highest BCUT2D eigenvalue weighted by Crippen LogP contribution is 2.37. The van der Waals surface area contributed by atoms with Crippen molar-refractivity contribution in [3.05, 3.63) is 38.0 Å². The van der Waals surface area contributed by atoms with Crippen LogP contribution in [0, 0.1) is 17.0 Å². The molecule has 0 saturated heterocycles. The van der Waals surface area contributed by atoms with Crippen LogP contribution in [0.1, 0.15) is 5.69 Å². The average Bonchev–Trinajstić information content (AvgIpc) is 2.68. The molecule has 0 aliphatic rings. The van der Waals surface area contributed by atoms with E-state index in [0.717, 1.165) is 6.07 Å². The molecule has 0 atom stereocenters. The fourth-order valence-electron chi connectivity index (χ4n) is 1.34. The van der Waals surface area contributed by atoms with Crippen LogP contribution in [0.2, 0.25) is 10.0 Å². The van der Waals surface area contributed by atoms with E-state index in [1.807, 2.05) is 0 Å². The molecule has 1 heterocycles. The summed E-state index contributed by atoms with van der Waals surface area (Å²) >= 11 is 12.9. The predicted molar refractivity (Wildman–Crippen MR) is 78.6 cm³/mol. The van der Waals surface area contributed by atoms with Gasteiger partial charge in [0.05, 0.1) is 15.6 Å². The van der Waals surface area contributed by atoms with E-state index in [0.29, 0.717) is 15.8 Å². The van der Waals surface area contributed by atoms with E-state index in [1.54, 1.807) is 6.92 Å². The maximum atomic E-state index is 10.7. The molecule has 1 aromatic heterocycles. The molecule has 2 N–H and O–H groups in total. The van der Waals surface area contributed by atoms with Gasteiger partial charge in [-0.05, 0) is 13.0 Å². The normalized spacial score (nSPS) is 11.2. The first-order chi connectivity index (χ1) is 9.38. The van der Waals surface area contributed by atoms with Crippen LogP contribution in [0.5, 0.6) is 0 Å². The molecule has 0 bridgehead atoms. The van der Waals surface area contributed by atoms with Crippen LogP contribution < -0.4 is 5.73 Å². The summed E-state index contributed by atoms with van der Waals surface area (Å²) in [5.74, 6) is 0. The molecule has 0 fully saturated rings. The van der Waals surface area contributed by atoms with Gasteiger partial charge in [0, 0.05) is 6.07 Å². The first-order valence-corrected chi connectivity index (χ1v) is 6.74. The van der Waals surface area contributed by atoms with Crippen LogP contribution in [0.3, 0.4) is 0 Å². The monoisotopic (exact) mass is 331 g/mol. The third-order valence-corrected chi connectivity index (χ3v) is 3.73. The Morgan fingerprint density at radius 3 is 2.60 bits per heavy atom. The van der Waals surface area contributed by atoms with E-state index < -0.39 is 4.92 Å². The Kier molecular flexibility index (Phi) is 4.17. The van der Waals surface area contributed by atoms with Gasteiger partial charge in [0.25, 0.3) is 5.69 Å². The summed E-state index contributed by atoms with van der Waals surface area (Å²) in [7, 11) is 0. The number of nitro benzene ring substituents is 1. The van der Waals surface area contributed by atoms with Gasteiger partial charge in [0.2, 0.25) is 0 Å². The number of rotatable bonds is 3. The Balaban J connectivity index is 2.37. The number of thiazole rings is 1. The molecule has 20 heavy (non-hydrogen) atoms. The molecule has 7 nitrogen and oxygen atoms in total. The van der Waals surface area contributed by atoms with Gasteiger partial charge in [0.15, 0.2) is 10.1 Å². The van der Waals surface area contributed by atoms with Gasteiger partial charge in [-0.1, -0.05) is 34.5 Å². The van der Waals surface area contributed by atoms with Gasteiger partial charge < -0.3 is 5.73 Å². The summed E-state index contributed by atoms with van der Waals surface area (Å²) in [6.45, 7) is 1.74. The van der Waals surface area contributed by atoms with E-state index in [-0.39, 0.29) is 21.4 Å². The number of halogens is 2. The number of hydrogen-bond acceptors (Lipinski definition) is 7. The molecule has 0 radical (unpaired) electrons. The Morgan fingerprint density at radius 2 is 2.05 bits per heavy atom. The zero-order valence-corrected chi connectivity index (χ0v) is 12.3. The fraction of sp³-hybridized carbons (Fsp3) is 0.100. The van der Waals surface area contributed by atoms with Gasteiger partial charge >= 0.3 is 0 Å². The third kappa shape index (κ3) is 3.03. The maximum Gasteiger partial charge on any atom is 0.289 e. The lowest BCUT2D eigenvalue weighted by Gasteiger charge is -1.99. The third-order valence-electron chi connectivity index (χ3n) is 2.25. The molecule has 0 saturated carbocycles. The Hall–Kier alpha value is -1.77. The van der Waals surface area contributed by atoms with Crippen molar-refractivity contribution in [3.8, 4) is 0 Å². The number of nitro groups is 1. The number of azo groups is 1. The number of benzene rings is 1. The molecule has 2 aromatic rings. The van der Waals surface area contributed by atoms with Crippen molar-refractivity contribution in [2.45, 2.75) is 6.92 Å². The lowest BCUT2D eigenvalue weighted by molar-refractivity contribution is -0.384. The van der Waals surface area contributed by atoms with Gasteiger partial charge in [-0.3, -0.25) is 10.1 Å². The second-order valence-corrected chi connectivity index (χ2v) is 5.48. The Morgan fingerprint density at radius 1 is 1.35 bits per heavy atom. The topological polar surface area (TPSA) is 107 Å². The average molecular weight is 332 g/mol. The van der Waals surface area contributed by atoms with E-state index in [1.165, 1.54) is 17.4 Å². The first-order valence-electron chi connectivity index (χ1n) is 5.16. The molecule has 0 aliphatic carbocycles. The van der Waals surface area contributed by atoms with Gasteiger partial charge in [-0.2, -0.15) is 0 Å². The van der Waals surface area contributed by atoms with Crippen LogP contribution >= 0.6 is 34.5 Å². The van der Waals surface area contributed by atoms with Crippen molar-refractivity contribution < 1.29 is 4.92 Å². The molecule has 0 aliphatic heterocycles. The molecule has 0 unspecified atom stereocenters. The number of aromatic nitrogens is 1. The molecular formula is C10H7Cl2N5O2S. The van der Waals surface area contributed by atoms with Gasteiger partial charge in [0.1, 0.15) is 10.7 Å². The van der Waals surface area contributed by atoms with Crippen LogP contribution in [0.15, 0.2) is 22.4 Å². The molecular weight excluding hydrogens is 325 g/mol. The summed E-state index contributed by atoms with van der Waals surface area (Å²) in [4.78, 5) is 14.1. The lowest BCUT2D eigenvalue weighted by Crippen LogP contribution is -1.88. The molecule has 104 valence electrons. The Bertz CT molecular complexity index is 716. The highest BCUT2D eigenvalue weighted by atomic mass is 35.5. The minimum Gasteiger partial charge on any atom is -0.375 e. The predicted octanol–water partition coefficient (Wildman–Crippen LogP) is 4.66. The Labute approximate surface area is 127 Å². The number of nitrogen functional groups attached to an aromatic ring is 1. The van der Waals surface area contributed by atoms with E-state index in [2.05, 4.69) is 15.2 Å². The molecule has 10 heteroatoms. The summed E-state index contributed by atoms with van der Waals surface area (Å²) < 4.78 is 0. The number of nitrogens with two attached hydrogens (primary N) is 1. The van der Waals surface area contributed by atoms with Crippen molar-refractivity contribution >= 4 is 56.0 Å². The first kappa shape index (κ1) is 14.6. The summed E-state index contributed by atoms with van der Waals surface area (Å²) in [6, 6.07) is 2.41. The summed E-state index contributed by atoms with van der Waals surface area (Å²) in [6.07, 6.45) is 0. The van der Waals surface area contributed by atoms with Gasteiger partial charge in [-0.15, -0.1) is 10.2 Å². The van der Waals surface area contributed by atoms with E-state index in [4.69, 9.17) is 28.9 Å². The number of anilines is 1. The maximum absolute atomic E-state index is 10.7. The number of nitrogens with zero attached hydrogens (tertiary/aromatic N) is 4. The van der Waals surface area contributed by atoms with Crippen LogP contribution in [-0.2, 0) is 0 Å². The minimum atomic E-state index is -0.622. The van der Waals surface area contributed by atoms with Gasteiger partial charge in [-0.25, -0.2) is 4.98 Å². The van der Waals surface area contributed by atoms with Crippen molar-refractivity contribution in [1.82, 2.24) is 4.98 Å². The zero-order chi connectivity index (χ0) is 14.9. The molecule has 2 rings (SSSR count). The molecule has 1 aromatic carbocycles. The van der Waals surface area contributed by atoms with Crippen molar-refractivity contribution in [2.75, 3.05) is 5.73 Å². The van der Waals surface area contributed by atoms with E-state index >= 15 is 0 Å². The second kappa shape index (κ2) is 5.70. The molecule has 0 spiro atoms. The standard InChI is InChI=1S/C10H7Cl2N5O2S/c1-4-9(20-10(13)14-4)16-15-7-2-6(12)8(17(18)19)3-5(7)11/h2-3H,1H3,(H2,13,14). The summed E-state index contributed by atoms with van der Waals surface area (Å²) in [5, 5.41) is 19.5. The fourth-order valence-corrected chi connectivity index (χ4v) is 2.42.